The maximum atomic E-state index is 13.5. The molecular weight excluding hydrogens is 343 g/mol. The zero-order chi connectivity index (χ0) is 19.2. The first-order chi connectivity index (χ1) is 13.0. The summed E-state index contributed by atoms with van der Waals surface area (Å²) < 4.78 is 18.8. The zero-order valence-corrected chi connectivity index (χ0v) is 16.0. The van der Waals surface area contributed by atoms with Crippen molar-refractivity contribution in [2.24, 2.45) is 5.92 Å². The van der Waals surface area contributed by atoms with Gasteiger partial charge in [-0.2, -0.15) is 0 Å². The predicted octanol–water partition coefficient (Wildman–Crippen LogP) is 4.32. The quantitative estimate of drug-likeness (QED) is 0.823. The molecule has 1 saturated heterocycles. The molecule has 1 aliphatic heterocycles. The lowest BCUT2D eigenvalue weighted by molar-refractivity contribution is -0.123. The van der Waals surface area contributed by atoms with Crippen LogP contribution in [0.1, 0.15) is 38.3 Å². The van der Waals surface area contributed by atoms with Gasteiger partial charge in [-0.1, -0.05) is 31.2 Å². The van der Waals surface area contributed by atoms with Crippen LogP contribution in [0.25, 0.3) is 0 Å². The molecule has 1 heterocycles. The molecule has 1 atom stereocenters. The number of piperidine rings is 1. The van der Waals surface area contributed by atoms with Gasteiger partial charge >= 0.3 is 0 Å². The molecule has 0 unspecified atom stereocenters. The molecule has 27 heavy (non-hydrogen) atoms. The first kappa shape index (κ1) is 19.2. The van der Waals surface area contributed by atoms with Gasteiger partial charge < -0.3 is 15.0 Å². The van der Waals surface area contributed by atoms with E-state index in [4.69, 9.17) is 4.74 Å². The van der Waals surface area contributed by atoms with Crippen LogP contribution in [0.3, 0.4) is 0 Å². The van der Waals surface area contributed by atoms with E-state index in [9.17, 15) is 9.18 Å². The molecule has 0 aliphatic carbocycles. The fraction of sp³-hybridized carbons (Fsp3) is 0.409. The van der Waals surface area contributed by atoms with Crippen LogP contribution in [-0.2, 0) is 4.79 Å². The monoisotopic (exact) mass is 370 g/mol. The van der Waals surface area contributed by atoms with Gasteiger partial charge in [-0.15, -0.1) is 0 Å². The number of ether oxygens (including phenoxy) is 1. The summed E-state index contributed by atoms with van der Waals surface area (Å²) in [6.45, 7) is 6.22. The van der Waals surface area contributed by atoms with E-state index in [1.807, 2.05) is 6.92 Å². The first-order valence-electron chi connectivity index (χ1n) is 9.54. The minimum Gasteiger partial charge on any atom is -0.481 e. The van der Waals surface area contributed by atoms with E-state index in [2.05, 4.69) is 41.4 Å². The number of hydrogen-bond donors (Lipinski definition) is 1. The maximum absolute atomic E-state index is 13.5. The number of nitrogens with one attached hydrogen (secondary N) is 1. The molecule has 1 aliphatic rings. The molecule has 1 fully saturated rings. The Morgan fingerprint density at radius 3 is 2.52 bits per heavy atom. The summed E-state index contributed by atoms with van der Waals surface area (Å²) in [5.74, 6) is 0.142. The Bertz CT molecular complexity index is 755. The number of halogens is 1. The van der Waals surface area contributed by atoms with Crippen molar-refractivity contribution < 1.29 is 13.9 Å². The number of carbonyl (C=O) groups is 1. The van der Waals surface area contributed by atoms with Crippen LogP contribution < -0.4 is 15.0 Å². The average Bonchev–Trinajstić information content (AvgIpc) is 2.68. The number of para-hydroxylation sites is 1. The minimum absolute atomic E-state index is 0.0838. The molecule has 0 radical (unpaired) electrons. The summed E-state index contributed by atoms with van der Waals surface area (Å²) >= 11 is 0. The standard InChI is InChI=1S/C22H27FN2O2/c1-16-11-13-25(14-12-16)19-9-7-18(8-10-19)17(2)24-22(26)15-27-21-6-4-3-5-20(21)23/h3-10,16-17H,11-15H2,1-2H3,(H,24,26)/t17-/m0/s1. The van der Waals surface area contributed by atoms with E-state index in [1.54, 1.807) is 12.1 Å². The Balaban J connectivity index is 1.50. The molecule has 4 nitrogen and oxygen atoms in total. The fourth-order valence-corrected chi connectivity index (χ4v) is 3.31. The molecule has 144 valence electrons. The van der Waals surface area contributed by atoms with Gasteiger partial charge in [0.2, 0.25) is 0 Å². The van der Waals surface area contributed by atoms with Crippen LogP contribution >= 0.6 is 0 Å². The normalized spacial score (nSPS) is 16.0. The highest BCUT2D eigenvalue weighted by Crippen LogP contribution is 2.24. The third-order valence-electron chi connectivity index (χ3n) is 5.11. The van der Waals surface area contributed by atoms with Crippen LogP contribution in [0.4, 0.5) is 10.1 Å². The summed E-state index contributed by atoms with van der Waals surface area (Å²) in [5.41, 5.74) is 2.26. The lowest BCUT2D eigenvalue weighted by Gasteiger charge is -2.32. The van der Waals surface area contributed by atoms with Crippen LogP contribution in [0.15, 0.2) is 48.5 Å². The number of nitrogens with zero attached hydrogens (tertiary/aromatic N) is 1. The molecule has 0 bridgehead atoms. The number of amides is 1. The first-order valence-corrected chi connectivity index (χ1v) is 9.54. The highest BCUT2D eigenvalue weighted by atomic mass is 19.1. The van der Waals surface area contributed by atoms with Gasteiger partial charge in [0.05, 0.1) is 6.04 Å². The van der Waals surface area contributed by atoms with Crippen molar-refractivity contribution in [3.63, 3.8) is 0 Å². The maximum Gasteiger partial charge on any atom is 0.258 e. The summed E-state index contributed by atoms with van der Waals surface area (Å²) in [6, 6.07) is 14.3. The van der Waals surface area contributed by atoms with E-state index in [0.717, 1.165) is 24.6 Å². The van der Waals surface area contributed by atoms with Crippen molar-refractivity contribution in [2.45, 2.75) is 32.7 Å². The second-order valence-corrected chi connectivity index (χ2v) is 7.27. The lowest BCUT2D eigenvalue weighted by Crippen LogP contribution is -2.33. The van der Waals surface area contributed by atoms with Crippen molar-refractivity contribution in [3.8, 4) is 5.75 Å². The highest BCUT2D eigenvalue weighted by molar-refractivity contribution is 5.78. The van der Waals surface area contributed by atoms with Crippen LogP contribution in [0.2, 0.25) is 0 Å². The average molecular weight is 370 g/mol. The van der Waals surface area contributed by atoms with E-state index in [-0.39, 0.29) is 24.3 Å². The molecule has 3 rings (SSSR count). The van der Waals surface area contributed by atoms with E-state index in [1.165, 1.54) is 30.7 Å². The summed E-state index contributed by atoms with van der Waals surface area (Å²) in [4.78, 5) is 14.5. The third-order valence-corrected chi connectivity index (χ3v) is 5.11. The fourth-order valence-electron chi connectivity index (χ4n) is 3.31. The van der Waals surface area contributed by atoms with Crippen LogP contribution in [-0.4, -0.2) is 25.6 Å². The summed E-state index contributed by atoms with van der Waals surface area (Å²) in [6.07, 6.45) is 2.46. The Hall–Kier alpha value is -2.56. The number of rotatable bonds is 6. The molecular formula is C22H27FN2O2. The molecule has 2 aromatic rings. The molecule has 1 amide bonds. The van der Waals surface area contributed by atoms with Gasteiger partial charge in [0, 0.05) is 18.8 Å². The van der Waals surface area contributed by atoms with E-state index >= 15 is 0 Å². The van der Waals surface area contributed by atoms with E-state index < -0.39 is 5.82 Å². The largest absolute Gasteiger partial charge is 0.481 e. The van der Waals surface area contributed by atoms with Gasteiger partial charge in [-0.05, 0) is 55.5 Å². The Morgan fingerprint density at radius 1 is 1.19 bits per heavy atom. The summed E-state index contributed by atoms with van der Waals surface area (Å²) in [7, 11) is 0. The Morgan fingerprint density at radius 2 is 1.85 bits per heavy atom. The molecule has 1 N–H and O–H groups in total. The van der Waals surface area contributed by atoms with Crippen molar-refractivity contribution in [1.82, 2.24) is 5.32 Å². The van der Waals surface area contributed by atoms with Crippen LogP contribution in [0.5, 0.6) is 5.75 Å². The number of carbonyl (C=O) groups excluding carboxylic acids is 1. The molecule has 2 aromatic carbocycles. The molecule has 0 saturated carbocycles. The smallest absolute Gasteiger partial charge is 0.258 e. The zero-order valence-electron chi connectivity index (χ0n) is 16.0. The van der Waals surface area contributed by atoms with Gasteiger partial charge in [-0.3, -0.25) is 4.79 Å². The SMILES string of the molecule is CC1CCN(c2ccc([C@H](C)NC(=O)COc3ccccc3F)cc2)CC1. The van der Waals surface area contributed by atoms with Gasteiger partial charge in [0.15, 0.2) is 18.2 Å². The lowest BCUT2D eigenvalue weighted by atomic mass is 9.98. The second kappa shape index (κ2) is 8.89. The topological polar surface area (TPSA) is 41.6 Å². The second-order valence-electron chi connectivity index (χ2n) is 7.27. The predicted molar refractivity (Wildman–Crippen MR) is 106 cm³/mol. The number of benzene rings is 2. The Kier molecular flexibility index (Phi) is 6.32. The van der Waals surface area contributed by atoms with Crippen molar-refractivity contribution in [3.05, 3.63) is 59.9 Å². The minimum atomic E-state index is -0.471. The van der Waals surface area contributed by atoms with Crippen molar-refractivity contribution >= 4 is 11.6 Å². The summed E-state index contributed by atoms with van der Waals surface area (Å²) in [5, 5.41) is 2.89. The van der Waals surface area contributed by atoms with Crippen LogP contribution in [0, 0.1) is 11.7 Å². The van der Waals surface area contributed by atoms with Gasteiger partial charge in [-0.25, -0.2) is 4.39 Å². The number of anilines is 1. The molecule has 0 aromatic heterocycles. The van der Waals surface area contributed by atoms with Gasteiger partial charge in [0.25, 0.3) is 5.91 Å². The van der Waals surface area contributed by atoms with Crippen molar-refractivity contribution in [2.75, 3.05) is 24.6 Å². The third kappa shape index (κ3) is 5.22. The number of hydrogen-bond acceptors (Lipinski definition) is 3. The molecule has 5 heteroatoms. The van der Waals surface area contributed by atoms with Crippen molar-refractivity contribution in [1.29, 1.82) is 0 Å². The van der Waals surface area contributed by atoms with Gasteiger partial charge in [0.1, 0.15) is 0 Å². The Labute approximate surface area is 160 Å². The van der Waals surface area contributed by atoms with E-state index in [0.29, 0.717) is 0 Å². The highest BCUT2D eigenvalue weighted by Gasteiger charge is 2.17. The molecule has 0 spiro atoms.